The minimum atomic E-state index is -0.869. The minimum Gasteiger partial charge on any atom is -0.478 e. The summed E-state index contributed by atoms with van der Waals surface area (Å²) in [6, 6.07) is 5.59. The Balaban J connectivity index is 2.33. The molecule has 1 aromatic rings. The zero-order chi connectivity index (χ0) is 13.1. The van der Waals surface area contributed by atoms with Crippen molar-refractivity contribution in [3.05, 3.63) is 29.3 Å². The van der Waals surface area contributed by atoms with Gasteiger partial charge in [0.1, 0.15) is 0 Å². The van der Waals surface area contributed by atoms with Crippen LogP contribution in [-0.4, -0.2) is 36.9 Å². The smallest absolute Gasteiger partial charge is 0.337 e. The molecule has 0 radical (unpaired) electrons. The van der Waals surface area contributed by atoms with E-state index in [2.05, 4.69) is 4.90 Å². The van der Waals surface area contributed by atoms with Gasteiger partial charge in [-0.05, 0) is 32.4 Å². The quantitative estimate of drug-likeness (QED) is 0.873. The van der Waals surface area contributed by atoms with E-state index in [1.54, 1.807) is 6.07 Å². The van der Waals surface area contributed by atoms with Crippen molar-refractivity contribution in [3.8, 4) is 0 Å². The molecule has 0 amide bonds. The number of anilines is 1. The molecule has 4 nitrogen and oxygen atoms in total. The number of benzene rings is 1. The highest BCUT2D eigenvalue weighted by atomic mass is 16.5. The van der Waals surface area contributed by atoms with Gasteiger partial charge in [-0.1, -0.05) is 11.6 Å². The van der Waals surface area contributed by atoms with Crippen LogP contribution in [0.4, 0.5) is 5.69 Å². The molecule has 0 aliphatic carbocycles. The largest absolute Gasteiger partial charge is 0.478 e. The van der Waals surface area contributed by atoms with Gasteiger partial charge in [-0.2, -0.15) is 0 Å². The summed E-state index contributed by atoms with van der Waals surface area (Å²) in [4.78, 5) is 13.4. The molecule has 0 bridgehead atoms. The Bertz CT molecular complexity index is 445. The van der Waals surface area contributed by atoms with Crippen molar-refractivity contribution in [3.63, 3.8) is 0 Å². The zero-order valence-electron chi connectivity index (χ0n) is 10.8. The molecule has 1 fully saturated rings. The van der Waals surface area contributed by atoms with Crippen molar-refractivity contribution >= 4 is 11.7 Å². The molecule has 0 spiro atoms. The maximum absolute atomic E-state index is 11.3. The van der Waals surface area contributed by atoms with Crippen molar-refractivity contribution in [1.82, 2.24) is 0 Å². The second-order valence-electron chi connectivity index (χ2n) is 4.81. The lowest BCUT2D eigenvalue weighted by atomic mass is 10.1. The number of aryl methyl sites for hydroxylation is 1. The summed E-state index contributed by atoms with van der Waals surface area (Å²) >= 11 is 0. The van der Waals surface area contributed by atoms with Crippen LogP contribution < -0.4 is 4.90 Å². The van der Waals surface area contributed by atoms with E-state index in [0.717, 1.165) is 37.4 Å². The van der Waals surface area contributed by atoms with Crippen molar-refractivity contribution in [2.75, 3.05) is 24.6 Å². The van der Waals surface area contributed by atoms with Crippen LogP contribution in [0.5, 0.6) is 0 Å². The van der Waals surface area contributed by atoms with Crippen LogP contribution in [0.25, 0.3) is 0 Å². The molecule has 18 heavy (non-hydrogen) atoms. The molecular weight excluding hydrogens is 230 g/mol. The Labute approximate surface area is 107 Å². The molecule has 0 aromatic heterocycles. The number of ether oxygens (including phenoxy) is 1. The van der Waals surface area contributed by atoms with E-state index in [1.807, 2.05) is 26.0 Å². The van der Waals surface area contributed by atoms with E-state index in [0.29, 0.717) is 5.56 Å². The van der Waals surface area contributed by atoms with Crippen LogP contribution in [0.2, 0.25) is 0 Å². The predicted octanol–water partition coefficient (Wildman–Crippen LogP) is 2.31. The van der Waals surface area contributed by atoms with Gasteiger partial charge in [-0.3, -0.25) is 0 Å². The predicted molar refractivity (Wildman–Crippen MR) is 70.4 cm³/mol. The highest BCUT2D eigenvalue weighted by Crippen LogP contribution is 2.24. The highest BCUT2D eigenvalue weighted by Gasteiger charge is 2.20. The van der Waals surface area contributed by atoms with Crippen LogP contribution in [0.15, 0.2) is 18.2 Å². The summed E-state index contributed by atoms with van der Waals surface area (Å²) in [5.41, 5.74) is 2.14. The summed E-state index contributed by atoms with van der Waals surface area (Å²) in [6.45, 7) is 6.25. The summed E-state index contributed by atoms with van der Waals surface area (Å²) in [6.07, 6.45) is 1.06. The van der Waals surface area contributed by atoms with Gasteiger partial charge in [0.15, 0.2) is 0 Å². The maximum atomic E-state index is 11.3. The van der Waals surface area contributed by atoms with Crippen molar-refractivity contribution in [2.24, 2.45) is 0 Å². The van der Waals surface area contributed by atoms with Crippen molar-refractivity contribution in [1.29, 1.82) is 0 Å². The van der Waals surface area contributed by atoms with Crippen LogP contribution in [0, 0.1) is 6.92 Å². The fraction of sp³-hybridized carbons (Fsp3) is 0.500. The normalized spacial score (nSPS) is 20.6. The third-order valence-corrected chi connectivity index (χ3v) is 3.18. The van der Waals surface area contributed by atoms with E-state index >= 15 is 0 Å². The van der Waals surface area contributed by atoms with Crippen molar-refractivity contribution in [2.45, 2.75) is 26.4 Å². The Kier molecular flexibility index (Phi) is 3.87. The average molecular weight is 249 g/mol. The molecule has 1 saturated heterocycles. The van der Waals surface area contributed by atoms with Crippen LogP contribution in [0.1, 0.15) is 29.3 Å². The van der Waals surface area contributed by atoms with Crippen molar-refractivity contribution < 1.29 is 14.6 Å². The second-order valence-corrected chi connectivity index (χ2v) is 4.81. The monoisotopic (exact) mass is 249 g/mol. The van der Waals surface area contributed by atoms with Gasteiger partial charge in [-0.25, -0.2) is 4.79 Å². The zero-order valence-corrected chi connectivity index (χ0v) is 10.8. The topological polar surface area (TPSA) is 49.8 Å². The van der Waals surface area contributed by atoms with E-state index in [1.165, 1.54) is 0 Å². The Hall–Kier alpha value is -1.55. The Morgan fingerprint density at radius 2 is 2.28 bits per heavy atom. The highest BCUT2D eigenvalue weighted by molar-refractivity contribution is 5.94. The van der Waals surface area contributed by atoms with Gasteiger partial charge in [0, 0.05) is 19.7 Å². The van der Waals surface area contributed by atoms with E-state index in [9.17, 15) is 9.90 Å². The number of carboxylic acid groups (broad SMARTS) is 1. The first-order chi connectivity index (χ1) is 8.58. The molecule has 1 heterocycles. The second kappa shape index (κ2) is 5.40. The number of carbonyl (C=O) groups is 1. The lowest BCUT2D eigenvalue weighted by molar-refractivity contribution is 0.0696. The van der Waals surface area contributed by atoms with Gasteiger partial charge in [0.05, 0.1) is 17.4 Å². The van der Waals surface area contributed by atoms with Gasteiger partial charge < -0.3 is 14.7 Å². The third-order valence-electron chi connectivity index (χ3n) is 3.18. The minimum absolute atomic E-state index is 0.135. The molecule has 1 aromatic carbocycles. The molecular formula is C14H19NO3. The van der Waals surface area contributed by atoms with Gasteiger partial charge in [0.25, 0.3) is 0 Å². The fourth-order valence-electron chi connectivity index (χ4n) is 2.31. The van der Waals surface area contributed by atoms with Gasteiger partial charge in [-0.15, -0.1) is 0 Å². The summed E-state index contributed by atoms with van der Waals surface area (Å²) in [5, 5.41) is 9.30. The van der Waals surface area contributed by atoms with Crippen LogP contribution in [-0.2, 0) is 4.74 Å². The lowest BCUT2D eigenvalue weighted by Gasteiger charge is -2.26. The summed E-state index contributed by atoms with van der Waals surface area (Å²) < 4.78 is 5.59. The summed E-state index contributed by atoms with van der Waals surface area (Å²) in [5.74, 6) is -0.869. The number of aromatic carboxylic acids is 1. The number of hydrogen-bond donors (Lipinski definition) is 1. The molecule has 4 heteroatoms. The average Bonchev–Trinajstić information content (AvgIpc) is 2.53. The molecule has 0 saturated carbocycles. The lowest BCUT2D eigenvalue weighted by Crippen LogP contribution is -2.31. The van der Waals surface area contributed by atoms with E-state index < -0.39 is 5.97 Å². The van der Waals surface area contributed by atoms with Gasteiger partial charge in [0.2, 0.25) is 0 Å². The molecule has 1 aliphatic rings. The van der Waals surface area contributed by atoms with Crippen LogP contribution in [0.3, 0.4) is 0 Å². The number of rotatable bonds is 2. The third kappa shape index (κ3) is 2.82. The molecule has 1 N–H and O–H groups in total. The fourth-order valence-corrected chi connectivity index (χ4v) is 2.31. The molecule has 1 aliphatic heterocycles. The first-order valence-corrected chi connectivity index (χ1v) is 6.28. The Morgan fingerprint density at radius 3 is 3.00 bits per heavy atom. The molecule has 98 valence electrons. The van der Waals surface area contributed by atoms with E-state index in [-0.39, 0.29) is 6.10 Å². The first kappa shape index (κ1) is 12.9. The van der Waals surface area contributed by atoms with Gasteiger partial charge >= 0.3 is 5.97 Å². The number of nitrogens with zero attached hydrogens (tertiary/aromatic N) is 1. The molecule has 1 atom stereocenters. The molecule has 2 rings (SSSR count). The summed E-state index contributed by atoms with van der Waals surface area (Å²) in [7, 11) is 0. The number of carboxylic acids is 1. The Morgan fingerprint density at radius 1 is 1.50 bits per heavy atom. The maximum Gasteiger partial charge on any atom is 0.337 e. The van der Waals surface area contributed by atoms with Crippen LogP contribution >= 0.6 is 0 Å². The molecule has 1 unspecified atom stereocenters. The SMILES string of the molecule is Cc1ccc(N2CCCOC(C)C2)c(C(=O)O)c1. The first-order valence-electron chi connectivity index (χ1n) is 6.28. The van der Waals surface area contributed by atoms with E-state index in [4.69, 9.17) is 4.74 Å². The number of hydrogen-bond acceptors (Lipinski definition) is 3. The standard InChI is InChI=1S/C14H19NO3/c1-10-4-5-13(12(8-10)14(16)17)15-6-3-7-18-11(2)9-15/h4-5,8,11H,3,6-7,9H2,1-2H3,(H,16,17).